The van der Waals surface area contributed by atoms with E-state index >= 15 is 0 Å². The molecule has 1 aromatic carbocycles. The minimum Gasteiger partial charge on any atom is -0.381 e. The Morgan fingerprint density at radius 2 is 2.00 bits per heavy atom. The lowest BCUT2D eigenvalue weighted by Gasteiger charge is -2.34. The van der Waals surface area contributed by atoms with Gasteiger partial charge in [0.2, 0.25) is 5.91 Å². The molecule has 3 heterocycles. The van der Waals surface area contributed by atoms with Gasteiger partial charge in [0.25, 0.3) is 0 Å². The summed E-state index contributed by atoms with van der Waals surface area (Å²) in [5.74, 6) is 0.170. The van der Waals surface area contributed by atoms with E-state index in [1.807, 2.05) is 23.4 Å². The van der Waals surface area contributed by atoms with Crippen LogP contribution < -0.4 is 5.32 Å². The van der Waals surface area contributed by atoms with Crippen molar-refractivity contribution in [1.29, 1.82) is 0 Å². The van der Waals surface area contributed by atoms with Gasteiger partial charge in [-0.3, -0.25) is 9.69 Å². The van der Waals surface area contributed by atoms with Crippen LogP contribution in [0.25, 0.3) is 5.65 Å². The van der Waals surface area contributed by atoms with E-state index in [9.17, 15) is 4.79 Å². The average molecular weight is 364 g/mol. The van der Waals surface area contributed by atoms with Crippen LogP contribution in [0.1, 0.15) is 18.1 Å². The molecule has 1 aliphatic rings. The molecule has 27 heavy (non-hydrogen) atoms. The number of fused-ring (bicyclic) bond motifs is 1. The normalized spacial score (nSPS) is 15.2. The maximum absolute atomic E-state index is 11.4. The van der Waals surface area contributed by atoms with Gasteiger partial charge in [0.05, 0.1) is 6.20 Å². The molecule has 3 aromatic rings. The molecule has 1 amide bonds. The number of benzene rings is 1. The second-order valence-electron chi connectivity index (χ2n) is 6.93. The van der Waals surface area contributed by atoms with E-state index < -0.39 is 0 Å². The maximum Gasteiger partial charge on any atom is 0.219 e. The molecule has 2 aromatic heterocycles. The van der Waals surface area contributed by atoms with E-state index in [0.717, 1.165) is 49.6 Å². The lowest BCUT2D eigenvalue weighted by atomic mass is 10.1. The monoisotopic (exact) mass is 364 g/mol. The van der Waals surface area contributed by atoms with Gasteiger partial charge in [-0.15, -0.1) is 0 Å². The Morgan fingerprint density at radius 3 is 2.81 bits per heavy atom. The molecule has 140 valence electrons. The second kappa shape index (κ2) is 7.75. The predicted molar refractivity (Wildman–Crippen MR) is 104 cm³/mol. The molecule has 1 saturated heterocycles. The van der Waals surface area contributed by atoms with Crippen molar-refractivity contribution in [1.82, 2.24) is 24.4 Å². The molecule has 0 radical (unpaired) electrons. The fraction of sp³-hybridized carbons (Fsp3) is 0.350. The van der Waals surface area contributed by atoms with Crippen molar-refractivity contribution in [2.24, 2.45) is 0 Å². The van der Waals surface area contributed by atoms with Crippen molar-refractivity contribution < 1.29 is 4.79 Å². The van der Waals surface area contributed by atoms with Crippen LogP contribution in [0.15, 0.2) is 48.9 Å². The molecule has 7 nitrogen and oxygen atoms in total. The van der Waals surface area contributed by atoms with E-state index in [-0.39, 0.29) is 5.91 Å². The zero-order valence-electron chi connectivity index (χ0n) is 15.5. The highest BCUT2D eigenvalue weighted by Crippen LogP contribution is 2.15. The third kappa shape index (κ3) is 4.25. The topological polar surface area (TPSA) is 65.8 Å². The number of rotatable bonds is 5. The Morgan fingerprint density at radius 1 is 1.15 bits per heavy atom. The number of carbonyl (C=O) groups excluding carboxylic acids is 1. The van der Waals surface area contributed by atoms with E-state index in [0.29, 0.717) is 6.54 Å². The maximum atomic E-state index is 11.4. The quantitative estimate of drug-likeness (QED) is 0.750. The van der Waals surface area contributed by atoms with E-state index in [2.05, 4.69) is 44.6 Å². The van der Waals surface area contributed by atoms with E-state index in [1.165, 1.54) is 5.56 Å². The molecular weight excluding hydrogens is 340 g/mol. The molecule has 0 atom stereocenters. The number of carbonyl (C=O) groups is 1. The summed E-state index contributed by atoms with van der Waals surface area (Å²) in [4.78, 5) is 20.1. The SMILES string of the molecule is CC(=O)N1CCN(Cc2cccc(NCc3cnc4ccnn4c3)c2)CC1. The Hall–Kier alpha value is -2.93. The van der Waals surface area contributed by atoms with Crippen molar-refractivity contribution >= 4 is 17.2 Å². The van der Waals surface area contributed by atoms with Crippen LogP contribution in [-0.4, -0.2) is 56.5 Å². The van der Waals surface area contributed by atoms with E-state index in [4.69, 9.17) is 0 Å². The number of nitrogens with zero attached hydrogens (tertiary/aromatic N) is 5. The van der Waals surface area contributed by atoms with Gasteiger partial charge in [-0.1, -0.05) is 12.1 Å². The third-order valence-electron chi connectivity index (χ3n) is 4.95. The van der Waals surface area contributed by atoms with Crippen LogP contribution >= 0.6 is 0 Å². The highest BCUT2D eigenvalue weighted by Gasteiger charge is 2.18. The summed E-state index contributed by atoms with van der Waals surface area (Å²) in [6.45, 7) is 6.72. The first-order valence-electron chi connectivity index (χ1n) is 9.26. The van der Waals surface area contributed by atoms with Gasteiger partial charge in [0.1, 0.15) is 0 Å². The third-order valence-corrected chi connectivity index (χ3v) is 4.95. The van der Waals surface area contributed by atoms with Crippen molar-refractivity contribution in [3.05, 3.63) is 60.0 Å². The second-order valence-corrected chi connectivity index (χ2v) is 6.93. The van der Waals surface area contributed by atoms with Gasteiger partial charge < -0.3 is 10.2 Å². The van der Waals surface area contributed by atoms with Gasteiger partial charge in [-0.25, -0.2) is 9.50 Å². The summed E-state index contributed by atoms with van der Waals surface area (Å²) >= 11 is 0. The predicted octanol–water partition coefficient (Wildman–Crippen LogP) is 2.01. The van der Waals surface area contributed by atoms with Crippen LogP contribution in [0.2, 0.25) is 0 Å². The highest BCUT2D eigenvalue weighted by atomic mass is 16.2. The van der Waals surface area contributed by atoms with Crippen molar-refractivity contribution in [2.75, 3.05) is 31.5 Å². The van der Waals surface area contributed by atoms with Crippen LogP contribution in [0.3, 0.4) is 0 Å². The van der Waals surface area contributed by atoms with Crippen molar-refractivity contribution in [3.8, 4) is 0 Å². The fourth-order valence-electron chi connectivity index (χ4n) is 3.40. The number of piperazine rings is 1. The highest BCUT2D eigenvalue weighted by molar-refractivity contribution is 5.73. The summed E-state index contributed by atoms with van der Waals surface area (Å²) in [5, 5.41) is 7.69. The molecule has 7 heteroatoms. The minimum absolute atomic E-state index is 0.170. The zero-order valence-corrected chi connectivity index (χ0v) is 15.5. The van der Waals surface area contributed by atoms with Crippen LogP contribution in [0.4, 0.5) is 5.69 Å². The molecule has 0 spiro atoms. The lowest BCUT2D eigenvalue weighted by molar-refractivity contribution is -0.130. The fourth-order valence-corrected chi connectivity index (χ4v) is 3.40. The first-order chi connectivity index (χ1) is 13.2. The van der Waals surface area contributed by atoms with E-state index in [1.54, 1.807) is 17.6 Å². The average Bonchev–Trinajstić information content (AvgIpc) is 3.15. The summed E-state index contributed by atoms with van der Waals surface area (Å²) in [5.41, 5.74) is 4.30. The van der Waals surface area contributed by atoms with Gasteiger partial charge in [-0.05, 0) is 17.7 Å². The van der Waals surface area contributed by atoms with Gasteiger partial charge in [0.15, 0.2) is 5.65 Å². The van der Waals surface area contributed by atoms with Gasteiger partial charge in [0, 0.05) is 75.9 Å². The Balaban J connectivity index is 1.34. The number of hydrogen-bond acceptors (Lipinski definition) is 5. The summed E-state index contributed by atoms with van der Waals surface area (Å²) < 4.78 is 1.79. The Bertz CT molecular complexity index is 929. The minimum atomic E-state index is 0.170. The van der Waals surface area contributed by atoms with Gasteiger partial charge >= 0.3 is 0 Å². The number of nitrogens with one attached hydrogen (secondary N) is 1. The molecular formula is C20H24N6O. The molecule has 0 saturated carbocycles. The molecule has 1 aliphatic heterocycles. The summed E-state index contributed by atoms with van der Waals surface area (Å²) in [6.07, 6.45) is 5.62. The lowest BCUT2D eigenvalue weighted by Crippen LogP contribution is -2.47. The molecule has 1 N–H and O–H groups in total. The van der Waals surface area contributed by atoms with Crippen molar-refractivity contribution in [3.63, 3.8) is 0 Å². The Labute approximate surface area is 158 Å². The Kier molecular flexibility index (Phi) is 5.02. The van der Waals surface area contributed by atoms with Crippen LogP contribution in [-0.2, 0) is 17.9 Å². The molecule has 0 bridgehead atoms. The number of amides is 1. The zero-order chi connectivity index (χ0) is 18.6. The number of hydrogen-bond donors (Lipinski definition) is 1. The first kappa shape index (κ1) is 17.5. The van der Waals surface area contributed by atoms with Crippen LogP contribution in [0.5, 0.6) is 0 Å². The largest absolute Gasteiger partial charge is 0.381 e. The first-order valence-corrected chi connectivity index (χ1v) is 9.26. The number of anilines is 1. The molecule has 0 aliphatic carbocycles. The summed E-state index contributed by atoms with van der Waals surface area (Å²) in [6, 6.07) is 10.4. The van der Waals surface area contributed by atoms with Crippen LogP contribution in [0, 0.1) is 0 Å². The van der Waals surface area contributed by atoms with Gasteiger partial charge in [-0.2, -0.15) is 5.10 Å². The number of aromatic nitrogens is 3. The summed E-state index contributed by atoms with van der Waals surface area (Å²) in [7, 11) is 0. The molecule has 1 fully saturated rings. The van der Waals surface area contributed by atoms with Crippen molar-refractivity contribution in [2.45, 2.75) is 20.0 Å². The molecule has 0 unspecified atom stereocenters. The standard InChI is InChI=1S/C20H24N6O/c1-16(27)25-9-7-24(8-10-25)14-17-3-2-4-19(11-17)21-12-18-13-22-20-5-6-23-26(20)15-18/h2-6,11,13,15,21H,7-10,12,14H2,1H3. The smallest absolute Gasteiger partial charge is 0.219 e. The molecule has 4 rings (SSSR count).